The van der Waals surface area contributed by atoms with E-state index in [9.17, 15) is 10.1 Å². The normalized spacial score (nSPS) is 10.9. The maximum absolute atomic E-state index is 10.8. The smallest absolute Gasteiger partial charge is 0.269 e. The van der Waals surface area contributed by atoms with Gasteiger partial charge in [-0.05, 0) is 29.8 Å². The molecule has 28 heavy (non-hydrogen) atoms. The second kappa shape index (κ2) is 8.05. The number of benzene rings is 1. The Balaban J connectivity index is 1.59. The van der Waals surface area contributed by atoms with Crippen LogP contribution in [0.5, 0.6) is 0 Å². The number of pyridine rings is 1. The van der Waals surface area contributed by atoms with Crippen molar-refractivity contribution in [3.8, 4) is 11.4 Å². The Hall–Kier alpha value is -3.46. The highest BCUT2D eigenvalue weighted by molar-refractivity contribution is 7.98. The van der Waals surface area contributed by atoms with E-state index in [-0.39, 0.29) is 5.69 Å². The Labute approximate surface area is 164 Å². The highest BCUT2D eigenvalue weighted by Crippen LogP contribution is 2.27. The molecule has 140 valence electrons. The van der Waals surface area contributed by atoms with Crippen molar-refractivity contribution < 1.29 is 9.34 Å². The molecular formula is C19H15N5O3S. The molecular weight excluding hydrogens is 378 g/mol. The summed E-state index contributed by atoms with van der Waals surface area (Å²) in [6, 6.07) is 14.0. The summed E-state index contributed by atoms with van der Waals surface area (Å²) < 4.78 is 7.48. The van der Waals surface area contributed by atoms with Crippen molar-refractivity contribution >= 4 is 17.4 Å². The average molecular weight is 393 g/mol. The van der Waals surface area contributed by atoms with Gasteiger partial charge in [0.2, 0.25) is 0 Å². The number of furan rings is 1. The van der Waals surface area contributed by atoms with Gasteiger partial charge in [0.25, 0.3) is 5.69 Å². The average Bonchev–Trinajstić information content (AvgIpc) is 3.38. The summed E-state index contributed by atoms with van der Waals surface area (Å²) in [5, 5.41) is 20.2. The Morgan fingerprint density at radius 3 is 2.54 bits per heavy atom. The molecule has 8 nitrogen and oxygen atoms in total. The first-order chi connectivity index (χ1) is 13.7. The molecule has 0 spiro atoms. The Morgan fingerprint density at radius 2 is 1.86 bits per heavy atom. The van der Waals surface area contributed by atoms with Gasteiger partial charge in [-0.1, -0.05) is 23.9 Å². The zero-order valence-corrected chi connectivity index (χ0v) is 15.5. The molecule has 0 unspecified atom stereocenters. The molecule has 0 amide bonds. The van der Waals surface area contributed by atoms with Crippen LogP contribution >= 0.6 is 11.8 Å². The molecule has 0 saturated carbocycles. The van der Waals surface area contributed by atoms with Crippen LogP contribution in [0, 0.1) is 10.1 Å². The van der Waals surface area contributed by atoms with Crippen LogP contribution in [-0.2, 0) is 12.3 Å². The summed E-state index contributed by atoms with van der Waals surface area (Å²) in [5.41, 5.74) is 1.96. The molecule has 0 bridgehead atoms. The van der Waals surface area contributed by atoms with Crippen molar-refractivity contribution in [3.63, 3.8) is 0 Å². The van der Waals surface area contributed by atoms with E-state index in [1.54, 1.807) is 30.8 Å². The standard InChI is InChI=1S/C19H15N5O3S/c25-24(26)16-5-3-14(4-6-16)13-28-19-22-21-18(15-7-9-20-10-8-15)23(19)12-17-2-1-11-27-17/h1-11H,12-13H2. The lowest BCUT2D eigenvalue weighted by atomic mass is 10.2. The van der Waals surface area contributed by atoms with Crippen LogP contribution in [0.3, 0.4) is 0 Å². The number of non-ortho nitro benzene ring substituents is 1. The van der Waals surface area contributed by atoms with E-state index in [1.165, 1.54) is 23.9 Å². The third-order valence-electron chi connectivity index (χ3n) is 4.06. The van der Waals surface area contributed by atoms with Crippen LogP contribution in [0.2, 0.25) is 0 Å². The third kappa shape index (κ3) is 3.94. The highest BCUT2D eigenvalue weighted by atomic mass is 32.2. The predicted octanol–water partition coefficient (Wildman–Crippen LogP) is 4.18. The van der Waals surface area contributed by atoms with Gasteiger partial charge in [0, 0.05) is 35.8 Å². The number of nitro benzene ring substituents is 1. The van der Waals surface area contributed by atoms with Crippen LogP contribution < -0.4 is 0 Å². The summed E-state index contributed by atoms with van der Waals surface area (Å²) in [6.07, 6.45) is 5.06. The molecule has 0 fully saturated rings. The first kappa shape index (κ1) is 17.9. The molecule has 0 N–H and O–H groups in total. The topological polar surface area (TPSA) is 99.9 Å². The van der Waals surface area contributed by atoms with Gasteiger partial charge in [-0.15, -0.1) is 10.2 Å². The van der Waals surface area contributed by atoms with E-state index in [0.29, 0.717) is 12.3 Å². The fourth-order valence-corrected chi connectivity index (χ4v) is 3.57. The van der Waals surface area contributed by atoms with Gasteiger partial charge < -0.3 is 4.42 Å². The lowest BCUT2D eigenvalue weighted by Crippen LogP contribution is -2.03. The Kier molecular flexibility index (Phi) is 5.16. The minimum Gasteiger partial charge on any atom is -0.467 e. The van der Waals surface area contributed by atoms with E-state index in [4.69, 9.17) is 4.42 Å². The van der Waals surface area contributed by atoms with Gasteiger partial charge >= 0.3 is 0 Å². The maximum atomic E-state index is 10.8. The number of nitro groups is 1. The molecule has 1 aromatic carbocycles. The molecule has 9 heteroatoms. The third-order valence-corrected chi connectivity index (χ3v) is 5.10. The second-order valence-electron chi connectivity index (χ2n) is 5.92. The molecule has 3 aromatic heterocycles. The van der Waals surface area contributed by atoms with Crippen LogP contribution in [-0.4, -0.2) is 24.7 Å². The lowest BCUT2D eigenvalue weighted by Gasteiger charge is -2.09. The van der Waals surface area contributed by atoms with Crippen molar-refractivity contribution in [1.82, 2.24) is 19.7 Å². The molecule has 0 aliphatic rings. The second-order valence-corrected chi connectivity index (χ2v) is 6.86. The quantitative estimate of drug-likeness (QED) is 0.264. The van der Waals surface area contributed by atoms with E-state index < -0.39 is 4.92 Å². The van der Waals surface area contributed by atoms with Crippen molar-refractivity contribution in [2.45, 2.75) is 17.5 Å². The largest absolute Gasteiger partial charge is 0.467 e. The van der Waals surface area contributed by atoms with E-state index in [2.05, 4.69) is 15.2 Å². The zero-order chi connectivity index (χ0) is 19.3. The minimum absolute atomic E-state index is 0.0784. The molecule has 0 atom stereocenters. The van der Waals surface area contributed by atoms with Gasteiger partial charge in [0.05, 0.1) is 17.7 Å². The number of aromatic nitrogens is 4. The zero-order valence-electron chi connectivity index (χ0n) is 14.6. The van der Waals surface area contributed by atoms with Crippen LogP contribution in [0.15, 0.2) is 76.8 Å². The van der Waals surface area contributed by atoms with Crippen LogP contribution in [0.25, 0.3) is 11.4 Å². The van der Waals surface area contributed by atoms with Crippen molar-refractivity contribution in [3.05, 3.63) is 88.6 Å². The first-order valence-corrected chi connectivity index (χ1v) is 9.41. The predicted molar refractivity (Wildman–Crippen MR) is 104 cm³/mol. The monoisotopic (exact) mass is 393 g/mol. The van der Waals surface area contributed by atoms with E-state index in [0.717, 1.165) is 27.9 Å². The summed E-state index contributed by atoms with van der Waals surface area (Å²) in [7, 11) is 0. The summed E-state index contributed by atoms with van der Waals surface area (Å²) in [6.45, 7) is 0.500. The number of nitrogens with zero attached hydrogens (tertiary/aromatic N) is 5. The number of thioether (sulfide) groups is 1. The fraction of sp³-hybridized carbons (Fsp3) is 0.105. The van der Waals surface area contributed by atoms with Crippen molar-refractivity contribution in [2.75, 3.05) is 0 Å². The highest BCUT2D eigenvalue weighted by Gasteiger charge is 2.16. The Bertz CT molecular complexity index is 1060. The van der Waals surface area contributed by atoms with Gasteiger partial charge in [-0.3, -0.25) is 19.7 Å². The van der Waals surface area contributed by atoms with Crippen LogP contribution in [0.1, 0.15) is 11.3 Å². The van der Waals surface area contributed by atoms with E-state index >= 15 is 0 Å². The lowest BCUT2D eigenvalue weighted by molar-refractivity contribution is -0.384. The van der Waals surface area contributed by atoms with Crippen molar-refractivity contribution in [1.29, 1.82) is 0 Å². The van der Waals surface area contributed by atoms with Gasteiger partial charge in [-0.25, -0.2) is 0 Å². The number of rotatable bonds is 7. The SMILES string of the molecule is O=[N+]([O-])c1ccc(CSc2nnc(-c3ccncc3)n2Cc2ccco2)cc1. The molecule has 3 heterocycles. The summed E-state index contributed by atoms with van der Waals surface area (Å²) in [4.78, 5) is 14.4. The number of hydrogen-bond acceptors (Lipinski definition) is 7. The maximum Gasteiger partial charge on any atom is 0.269 e. The fourth-order valence-electron chi connectivity index (χ4n) is 2.67. The van der Waals surface area contributed by atoms with Gasteiger partial charge in [0.1, 0.15) is 5.76 Å². The van der Waals surface area contributed by atoms with Gasteiger partial charge in [-0.2, -0.15) is 0 Å². The summed E-state index contributed by atoms with van der Waals surface area (Å²) >= 11 is 1.51. The molecule has 0 saturated heterocycles. The van der Waals surface area contributed by atoms with Crippen LogP contribution in [0.4, 0.5) is 5.69 Å². The molecule has 0 radical (unpaired) electrons. The molecule has 0 aliphatic carbocycles. The molecule has 0 aliphatic heterocycles. The Morgan fingerprint density at radius 1 is 1.07 bits per heavy atom. The summed E-state index contributed by atoms with van der Waals surface area (Å²) in [5.74, 6) is 2.14. The first-order valence-electron chi connectivity index (χ1n) is 8.43. The van der Waals surface area contributed by atoms with Gasteiger partial charge in [0.15, 0.2) is 11.0 Å². The molecule has 4 rings (SSSR count). The van der Waals surface area contributed by atoms with Crippen molar-refractivity contribution in [2.24, 2.45) is 0 Å². The van der Waals surface area contributed by atoms with E-state index in [1.807, 2.05) is 28.8 Å². The minimum atomic E-state index is -0.405. The molecule has 4 aromatic rings. The number of hydrogen-bond donors (Lipinski definition) is 0.